The third-order valence-corrected chi connectivity index (χ3v) is 1.77. The molecule has 0 amide bonds. The van der Waals surface area contributed by atoms with Gasteiger partial charge < -0.3 is 5.73 Å². The summed E-state index contributed by atoms with van der Waals surface area (Å²) in [6.45, 7) is 0.672. The number of thiol groups is 1. The van der Waals surface area contributed by atoms with Gasteiger partial charge in [0.1, 0.15) is 3.53 Å². The molecule has 0 unspecified atom stereocenters. The van der Waals surface area contributed by atoms with Crippen molar-refractivity contribution in [2.75, 3.05) is 12.3 Å². The average Bonchev–Trinajstić information content (AvgIpc) is 1.61. The second-order valence-electron chi connectivity index (χ2n) is 0.903. The molecule has 7 heavy (non-hydrogen) atoms. The zero-order chi connectivity index (χ0) is 5.70. The van der Waals surface area contributed by atoms with Gasteiger partial charge in [0.05, 0.1) is 0 Å². The molecule has 0 bridgehead atoms. The zero-order valence-corrected chi connectivity index (χ0v) is 6.28. The molecule has 0 aromatic carbocycles. The number of thiocarbonyl (C=S) groups is 1. The Bertz CT molecular complexity index is 63.2. The van der Waals surface area contributed by atoms with E-state index in [4.69, 9.17) is 5.73 Å². The van der Waals surface area contributed by atoms with E-state index in [0.717, 1.165) is 5.75 Å². The molecule has 0 aliphatic carbocycles. The van der Waals surface area contributed by atoms with Crippen LogP contribution in [0, 0.1) is 0 Å². The molecule has 0 saturated heterocycles. The van der Waals surface area contributed by atoms with Crippen molar-refractivity contribution in [2.24, 2.45) is 5.73 Å². The van der Waals surface area contributed by atoms with Crippen molar-refractivity contribution in [1.82, 2.24) is 0 Å². The van der Waals surface area contributed by atoms with Crippen molar-refractivity contribution in [3.05, 3.63) is 0 Å². The van der Waals surface area contributed by atoms with E-state index in [1.165, 1.54) is 11.8 Å². The van der Waals surface area contributed by atoms with Gasteiger partial charge in [0, 0.05) is 12.3 Å². The maximum absolute atomic E-state index is 5.16. The minimum absolute atomic E-state index is 0.672. The van der Waals surface area contributed by atoms with Crippen LogP contribution in [-0.4, -0.2) is 15.8 Å². The van der Waals surface area contributed by atoms with Crippen LogP contribution in [0.5, 0.6) is 0 Å². The van der Waals surface area contributed by atoms with Crippen molar-refractivity contribution >= 4 is 40.1 Å². The van der Waals surface area contributed by atoms with Gasteiger partial charge in [-0.3, -0.25) is 0 Å². The lowest BCUT2D eigenvalue weighted by Gasteiger charge is -1.89. The first-order valence-corrected chi connectivity index (χ1v) is 3.67. The summed E-state index contributed by atoms with van der Waals surface area (Å²) in [6, 6.07) is 0. The Hall–Kier alpha value is 0.750. The molecule has 0 aliphatic heterocycles. The van der Waals surface area contributed by atoms with Gasteiger partial charge in [0.25, 0.3) is 0 Å². The first kappa shape index (κ1) is 7.75. The van der Waals surface area contributed by atoms with Crippen LogP contribution < -0.4 is 5.73 Å². The van der Waals surface area contributed by atoms with E-state index in [1.807, 2.05) is 0 Å². The van der Waals surface area contributed by atoms with Gasteiger partial charge in [-0.1, -0.05) is 12.2 Å². The summed E-state index contributed by atoms with van der Waals surface area (Å²) in [5.74, 6) is 0.877. The summed E-state index contributed by atoms with van der Waals surface area (Å²) < 4.78 is 0.672. The molecule has 0 rings (SSSR count). The van der Waals surface area contributed by atoms with Crippen LogP contribution in [0.4, 0.5) is 0 Å². The Labute approximate surface area is 58.4 Å². The first-order chi connectivity index (χ1) is 3.27. The number of hydrogen-bond donors (Lipinski definition) is 2. The molecule has 42 valence electrons. The molecule has 0 aromatic rings. The van der Waals surface area contributed by atoms with Crippen LogP contribution in [0.2, 0.25) is 0 Å². The smallest absolute Gasteiger partial charge is 0.101 e. The Morgan fingerprint density at radius 1 is 1.86 bits per heavy atom. The minimum Gasteiger partial charge on any atom is -0.330 e. The lowest BCUT2D eigenvalue weighted by molar-refractivity contribution is 1.15. The Kier molecular flexibility index (Phi) is 5.42. The van der Waals surface area contributed by atoms with Gasteiger partial charge in [0.15, 0.2) is 0 Å². The highest BCUT2D eigenvalue weighted by Crippen LogP contribution is 2.04. The second-order valence-corrected chi connectivity index (χ2v) is 3.73. The van der Waals surface area contributed by atoms with Crippen LogP contribution in [0.1, 0.15) is 0 Å². The zero-order valence-electron chi connectivity index (χ0n) is 3.76. The van der Waals surface area contributed by atoms with Gasteiger partial charge in [-0.15, -0.1) is 24.4 Å². The molecule has 0 radical (unpaired) electrons. The monoisotopic (exact) mass is 153 g/mol. The largest absolute Gasteiger partial charge is 0.330 e. The fraction of sp³-hybridized carbons (Fsp3) is 0.667. The maximum atomic E-state index is 5.16. The first-order valence-electron chi connectivity index (χ1n) is 1.83. The summed E-state index contributed by atoms with van der Waals surface area (Å²) in [6.07, 6.45) is 0. The molecule has 0 aliphatic rings. The number of hydrogen-bond acceptors (Lipinski definition) is 3. The summed E-state index contributed by atoms with van der Waals surface area (Å²) >= 11 is 10.0. The Morgan fingerprint density at radius 2 is 2.43 bits per heavy atom. The van der Waals surface area contributed by atoms with Gasteiger partial charge in [-0.05, 0) is 0 Å². The van der Waals surface area contributed by atoms with E-state index in [0.29, 0.717) is 10.1 Å². The van der Waals surface area contributed by atoms with Crippen LogP contribution in [0.25, 0.3) is 0 Å². The van der Waals surface area contributed by atoms with Crippen molar-refractivity contribution in [1.29, 1.82) is 0 Å². The van der Waals surface area contributed by atoms with E-state index in [2.05, 4.69) is 24.8 Å². The molecule has 4 heteroatoms. The maximum Gasteiger partial charge on any atom is 0.101 e. The molecular formula is C3H7NS3. The average molecular weight is 153 g/mol. The fourth-order valence-corrected chi connectivity index (χ4v) is 0.963. The third-order valence-electron chi connectivity index (χ3n) is 0.343. The van der Waals surface area contributed by atoms with E-state index in [-0.39, 0.29) is 0 Å². The molecule has 0 saturated carbocycles. The summed E-state index contributed by atoms with van der Waals surface area (Å²) in [5.41, 5.74) is 5.16. The van der Waals surface area contributed by atoms with Crippen LogP contribution in [0.3, 0.4) is 0 Å². The highest BCUT2D eigenvalue weighted by molar-refractivity contribution is 8.41. The van der Waals surface area contributed by atoms with Crippen molar-refractivity contribution in [3.63, 3.8) is 0 Å². The number of nitrogens with two attached hydrogens (primary N) is 1. The molecule has 0 atom stereocenters. The Balaban J connectivity index is 2.82. The van der Waals surface area contributed by atoms with E-state index < -0.39 is 0 Å². The molecule has 0 aromatic heterocycles. The van der Waals surface area contributed by atoms with E-state index in [1.54, 1.807) is 0 Å². The molecule has 0 spiro atoms. The molecule has 2 N–H and O–H groups in total. The summed E-state index contributed by atoms with van der Waals surface area (Å²) in [5, 5.41) is 0. The predicted molar refractivity (Wildman–Crippen MR) is 43.1 cm³/mol. The third kappa shape index (κ3) is 6.75. The molecular weight excluding hydrogens is 146 g/mol. The van der Waals surface area contributed by atoms with Crippen LogP contribution in [0.15, 0.2) is 0 Å². The fourth-order valence-electron chi connectivity index (χ4n) is 0.146. The van der Waals surface area contributed by atoms with Crippen molar-refractivity contribution in [2.45, 2.75) is 0 Å². The number of thioether (sulfide) groups is 1. The topological polar surface area (TPSA) is 26.0 Å². The molecule has 1 nitrogen and oxygen atoms in total. The number of rotatable bonds is 2. The highest BCUT2D eigenvalue weighted by atomic mass is 32.2. The SMILES string of the molecule is NCCSC(=S)S. The van der Waals surface area contributed by atoms with E-state index >= 15 is 0 Å². The van der Waals surface area contributed by atoms with Gasteiger partial charge >= 0.3 is 0 Å². The lowest BCUT2D eigenvalue weighted by Crippen LogP contribution is -2.01. The predicted octanol–water partition coefficient (Wildman–Crippen LogP) is 0.893. The van der Waals surface area contributed by atoms with E-state index in [9.17, 15) is 0 Å². The van der Waals surface area contributed by atoms with Crippen LogP contribution >= 0.6 is 36.6 Å². The minimum atomic E-state index is 0.672. The van der Waals surface area contributed by atoms with Gasteiger partial charge in [-0.2, -0.15) is 0 Å². The van der Waals surface area contributed by atoms with Gasteiger partial charge in [-0.25, -0.2) is 0 Å². The summed E-state index contributed by atoms with van der Waals surface area (Å²) in [4.78, 5) is 0. The standard InChI is InChI=1S/C3H7NS3/c4-1-2-7-3(5)6/h1-2,4H2,(H,5,6). The second kappa shape index (κ2) is 4.90. The van der Waals surface area contributed by atoms with Gasteiger partial charge in [0.2, 0.25) is 0 Å². The molecule has 0 fully saturated rings. The van der Waals surface area contributed by atoms with Crippen molar-refractivity contribution < 1.29 is 0 Å². The highest BCUT2D eigenvalue weighted by Gasteiger charge is 1.84. The lowest BCUT2D eigenvalue weighted by atomic mass is 10.8. The molecule has 0 heterocycles. The van der Waals surface area contributed by atoms with Crippen molar-refractivity contribution in [3.8, 4) is 0 Å². The normalized spacial score (nSPS) is 8.86. The quantitative estimate of drug-likeness (QED) is 0.455. The summed E-state index contributed by atoms with van der Waals surface area (Å²) in [7, 11) is 0. The Morgan fingerprint density at radius 3 is 2.57 bits per heavy atom. The van der Waals surface area contributed by atoms with Crippen LogP contribution in [-0.2, 0) is 0 Å².